The van der Waals surface area contributed by atoms with Gasteiger partial charge >= 0.3 is 0 Å². The molecule has 0 bridgehead atoms. The van der Waals surface area contributed by atoms with E-state index >= 15 is 0 Å². The molecule has 20 heavy (non-hydrogen) atoms. The third-order valence-electron chi connectivity index (χ3n) is 3.48. The molecule has 1 fully saturated rings. The second kappa shape index (κ2) is 6.07. The van der Waals surface area contributed by atoms with Crippen molar-refractivity contribution in [1.29, 1.82) is 0 Å². The van der Waals surface area contributed by atoms with Crippen LogP contribution in [0.5, 0.6) is 0 Å². The van der Waals surface area contributed by atoms with Crippen LogP contribution in [0, 0.1) is 16.0 Å². The summed E-state index contributed by atoms with van der Waals surface area (Å²) in [5, 5.41) is 10.7. The summed E-state index contributed by atoms with van der Waals surface area (Å²) >= 11 is 5.82. The van der Waals surface area contributed by atoms with Crippen molar-refractivity contribution in [3.63, 3.8) is 0 Å². The number of nitrogens with one attached hydrogen (secondary N) is 1. The van der Waals surface area contributed by atoms with Gasteiger partial charge in [0.2, 0.25) is 10.0 Å². The van der Waals surface area contributed by atoms with Crippen molar-refractivity contribution in [1.82, 2.24) is 4.72 Å². The highest BCUT2D eigenvalue weighted by atomic mass is 35.5. The molecular formula is C12H15ClN2O4S. The minimum atomic E-state index is -3.81. The molecule has 0 unspecified atom stereocenters. The summed E-state index contributed by atoms with van der Waals surface area (Å²) in [6, 6.07) is 3.38. The van der Waals surface area contributed by atoms with Crippen LogP contribution in [-0.2, 0) is 10.0 Å². The topological polar surface area (TPSA) is 89.3 Å². The second-order valence-corrected chi connectivity index (χ2v) is 7.00. The maximum absolute atomic E-state index is 12.1. The standard InChI is InChI=1S/C12H15ClN2O4S/c13-11-5-4-10(15(16)17)8-12(11)20(18,19)14-7-6-9-2-1-3-9/h4-5,8-9,14H,1-3,6-7H2. The molecule has 1 saturated carbocycles. The minimum Gasteiger partial charge on any atom is -0.258 e. The highest BCUT2D eigenvalue weighted by molar-refractivity contribution is 7.89. The number of nitro benzene ring substituents is 1. The molecule has 1 N–H and O–H groups in total. The summed E-state index contributed by atoms with van der Waals surface area (Å²) < 4.78 is 26.6. The van der Waals surface area contributed by atoms with Crippen LogP contribution in [-0.4, -0.2) is 19.9 Å². The van der Waals surface area contributed by atoms with Gasteiger partial charge in [-0.3, -0.25) is 10.1 Å². The van der Waals surface area contributed by atoms with E-state index in [1.165, 1.54) is 18.6 Å². The first-order chi connectivity index (χ1) is 9.40. The summed E-state index contributed by atoms with van der Waals surface area (Å²) in [5.74, 6) is 0.582. The van der Waals surface area contributed by atoms with Crippen LogP contribution < -0.4 is 4.72 Å². The zero-order valence-electron chi connectivity index (χ0n) is 10.7. The second-order valence-electron chi connectivity index (χ2n) is 4.86. The Hall–Kier alpha value is -1.18. The monoisotopic (exact) mass is 318 g/mol. The number of hydrogen-bond donors (Lipinski definition) is 1. The molecule has 0 amide bonds. The third kappa shape index (κ3) is 3.47. The zero-order valence-corrected chi connectivity index (χ0v) is 12.3. The first kappa shape index (κ1) is 15.2. The van der Waals surface area contributed by atoms with Crippen LogP contribution in [0.2, 0.25) is 5.02 Å². The lowest BCUT2D eigenvalue weighted by atomic mass is 9.83. The lowest BCUT2D eigenvalue weighted by Gasteiger charge is -2.25. The maximum atomic E-state index is 12.1. The van der Waals surface area contributed by atoms with Gasteiger partial charge in [-0.1, -0.05) is 30.9 Å². The Bertz CT molecular complexity index is 614. The number of nitrogens with zero attached hydrogens (tertiary/aromatic N) is 1. The fraction of sp³-hybridized carbons (Fsp3) is 0.500. The van der Waals surface area contributed by atoms with Crippen molar-refractivity contribution in [3.8, 4) is 0 Å². The Labute approximate surface area is 122 Å². The summed E-state index contributed by atoms with van der Waals surface area (Å²) in [5.41, 5.74) is -0.297. The van der Waals surface area contributed by atoms with E-state index in [4.69, 9.17) is 11.6 Å². The molecule has 0 aromatic heterocycles. The fourth-order valence-corrected chi connectivity index (χ4v) is 3.63. The van der Waals surface area contributed by atoms with Gasteiger partial charge in [-0.05, 0) is 18.4 Å². The van der Waals surface area contributed by atoms with Gasteiger partial charge in [0.1, 0.15) is 4.90 Å². The SMILES string of the molecule is O=[N+]([O-])c1ccc(Cl)c(S(=O)(=O)NCCC2CCC2)c1. The van der Waals surface area contributed by atoms with Crippen LogP contribution in [0.25, 0.3) is 0 Å². The van der Waals surface area contributed by atoms with E-state index in [-0.39, 0.29) is 15.6 Å². The molecule has 110 valence electrons. The van der Waals surface area contributed by atoms with Crippen molar-refractivity contribution in [3.05, 3.63) is 33.3 Å². The van der Waals surface area contributed by atoms with Gasteiger partial charge in [-0.25, -0.2) is 13.1 Å². The van der Waals surface area contributed by atoms with Crippen LogP contribution in [0.1, 0.15) is 25.7 Å². The van der Waals surface area contributed by atoms with Crippen molar-refractivity contribution >= 4 is 27.3 Å². The molecule has 1 aliphatic carbocycles. The van der Waals surface area contributed by atoms with Gasteiger partial charge in [0.25, 0.3) is 5.69 Å². The Kier molecular flexibility index (Phi) is 4.62. The van der Waals surface area contributed by atoms with Gasteiger partial charge in [-0.2, -0.15) is 0 Å². The maximum Gasteiger partial charge on any atom is 0.270 e. The number of rotatable bonds is 6. The predicted octanol–water partition coefficient (Wildman–Crippen LogP) is 2.72. The molecule has 8 heteroatoms. The molecule has 2 rings (SSSR count). The van der Waals surface area contributed by atoms with E-state index in [1.54, 1.807) is 0 Å². The van der Waals surface area contributed by atoms with Gasteiger partial charge in [0.05, 0.1) is 9.95 Å². The van der Waals surface area contributed by atoms with Crippen LogP contribution in [0.3, 0.4) is 0 Å². The molecule has 0 heterocycles. The lowest BCUT2D eigenvalue weighted by molar-refractivity contribution is -0.385. The molecule has 0 atom stereocenters. The smallest absolute Gasteiger partial charge is 0.258 e. The van der Waals surface area contributed by atoms with Crippen LogP contribution in [0.15, 0.2) is 23.1 Å². The Balaban J connectivity index is 2.10. The molecule has 1 aliphatic rings. The summed E-state index contributed by atoms with van der Waals surface area (Å²) in [6.07, 6.45) is 4.26. The van der Waals surface area contributed by atoms with E-state index in [0.29, 0.717) is 12.5 Å². The van der Waals surface area contributed by atoms with Gasteiger partial charge in [-0.15, -0.1) is 0 Å². The molecule has 0 aliphatic heterocycles. The summed E-state index contributed by atoms with van der Waals surface area (Å²) in [6.45, 7) is 0.325. The molecule has 0 radical (unpaired) electrons. The third-order valence-corrected chi connectivity index (χ3v) is 5.43. The highest BCUT2D eigenvalue weighted by Crippen LogP contribution is 2.29. The Morgan fingerprint density at radius 2 is 2.10 bits per heavy atom. The molecular weight excluding hydrogens is 304 g/mol. The Morgan fingerprint density at radius 1 is 1.40 bits per heavy atom. The van der Waals surface area contributed by atoms with E-state index < -0.39 is 14.9 Å². The van der Waals surface area contributed by atoms with Crippen molar-refractivity contribution in [2.24, 2.45) is 5.92 Å². The quantitative estimate of drug-likeness (QED) is 0.645. The first-order valence-electron chi connectivity index (χ1n) is 6.34. The lowest BCUT2D eigenvalue weighted by Crippen LogP contribution is -2.27. The minimum absolute atomic E-state index is 0.0215. The molecule has 1 aromatic rings. The predicted molar refractivity (Wildman–Crippen MR) is 75.3 cm³/mol. The molecule has 1 aromatic carbocycles. The van der Waals surface area contributed by atoms with Crippen molar-refractivity contribution in [2.75, 3.05) is 6.54 Å². The van der Waals surface area contributed by atoms with Crippen LogP contribution in [0.4, 0.5) is 5.69 Å². The number of halogens is 1. The first-order valence-corrected chi connectivity index (χ1v) is 8.20. The number of sulfonamides is 1. The number of non-ortho nitro benzene ring substituents is 1. The van der Waals surface area contributed by atoms with Gasteiger partial charge in [0, 0.05) is 18.7 Å². The van der Waals surface area contributed by atoms with Crippen molar-refractivity contribution < 1.29 is 13.3 Å². The van der Waals surface area contributed by atoms with Crippen LogP contribution >= 0.6 is 11.6 Å². The highest BCUT2D eigenvalue weighted by Gasteiger charge is 2.23. The average Bonchev–Trinajstić information content (AvgIpc) is 2.32. The molecule has 0 spiro atoms. The summed E-state index contributed by atoms with van der Waals surface area (Å²) in [7, 11) is -3.81. The average molecular weight is 319 g/mol. The Morgan fingerprint density at radius 3 is 2.65 bits per heavy atom. The van der Waals surface area contributed by atoms with E-state index in [9.17, 15) is 18.5 Å². The van der Waals surface area contributed by atoms with E-state index in [1.807, 2.05) is 0 Å². The largest absolute Gasteiger partial charge is 0.270 e. The van der Waals surface area contributed by atoms with Crippen molar-refractivity contribution in [2.45, 2.75) is 30.6 Å². The van der Waals surface area contributed by atoms with E-state index in [2.05, 4.69) is 4.72 Å². The number of nitro groups is 1. The zero-order chi connectivity index (χ0) is 14.8. The van der Waals surface area contributed by atoms with Gasteiger partial charge in [0.15, 0.2) is 0 Å². The fourth-order valence-electron chi connectivity index (χ4n) is 2.07. The molecule has 0 saturated heterocycles. The molecule has 6 nitrogen and oxygen atoms in total. The van der Waals surface area contributed by atoms with Gasteiger partial charge < -0.3 is 0 Å². The normalized spacial score (nSPS) is 15.8. The number of benzene rings is 1. The van der Waals surface area contributed by atoms with E-state index in [0.717, 1.165) is 25.3 Å². The number of hydrogen-bond acceptors (Lipinski definition) is 4. The summed E-state index contributed by atoms with van der Waals surface area (Å²) in [4.78, 5) is 9.79.